The minimum absolute atomic E-state index is 0.0788. The highest BCUT2D eigenvalue weighted by atomic mass is 35.5. The molecule has 1 aromatic carbocycles. The number of piperidine rings is 1. The molecule has 1 N–H and O–H groups in total. The van der Waals surface area contributed by atoms with Gasteiger partial charge in [0, 0.05) is 24.7 Å². The molecular formula is C17H23ClN2O2. The Labute approximate surface area is 136 Å². The van der Waals surface area contributed by atoms with Crippen LogP contribution in [0, 0.1) is 12.3 Å². The van der Waals surface area contributed by atoms with Crippen LogP contribution in [0.25, 0.3) is 0 Å². The summed E-state index contributed by atoms with van der Waals surface area (Å²) < 4.78 is 5.66. The Balaban J connectivity index is 1.50. The molecule has 1 spiro atoms. The van der Waals surface area contributed by atoms with Crippen LogP contribution in [0.15, 0.2) is 18.2 Å². The largest absolute Gasteiger partial charge is 0.483 e. The quantitative estimate of drug-likeness (QED) is 0.930. The molecule has 1 aromatic rings. The first-order valence-corrected chi connectivity index (χ1v) is 8.33. The number of aryl methyl sites for hydroxylation is 1. The van der Waals surface area contributed by atoms with Crippen LogP contribution in [0.3, 0.4) is 0 Å². The van der Waals surface area contributed by atoms with Crippen molar-refractivity contribution in [3.63, 3.8) is 0 Å². The molecule has 0 atom stereocenters. The van der Waals surface area contributed by atoms with Gasteiger partial charge in [-0.25, -0.2) is 0 Å². The number of nitrogens with one attached hydrogen (secondary N) is 1. The van der Waals surface area contributed by atoms with Crippen molar-refractivity contribution < 1.29 is 9.53 Å². The molecule has 22 heavy (non-hydrogen) atoms. The maximum Gasteiger partial charge on any atom is 0.260 e. The van der Waals surface area contributed by atoms with Crippen molar-refractivity contribution in [3.05, 3.63) is 28.8 Å². The number of amides is 1. The fourth-order valence-corrected chi connectivity index (χ4v) is 3.68. The number of nitrogens with zero attached hydrogens (tertiary/aromatic N) is 1. The summed E-state index contributed by atoms with van der Waals surface area (Å²) in [5.74, 6) is 0.807. The van der Waals surface area contributed by atoms with Gasteiger partial charge in [-0.1, -0.05) is 11.6 Å². The molecule has 2 heterocycles. The number of halogens is 1. The van der Waals surface area contributed by atoms with Gasteiger partial charge in [-0.05, 0) is 61.9 Å². The van der Waals surface area contributed by atoms with Crippen LogP contribution in [0.4, 0.5) is 0 Å². The van der Waals surface area contributed by atoms with Crippen molar-refractivity contribution >= 4 is 17.5 Å². The normalized spacial score (nSPS) is 20.4. The maximum atomic E-state index is 12.3. The molecule has 2 aliphatic rings. The highest BCUT2D eigenvalue weighted by Crippen LogP contribution is 2.36. The van der Waals surface area contributed by atoms with Crippen molar-refractivity contribution in [1.29, 1.82) is 0 Å². The van der Waals surface area contributed by atoms with Gasteiger partial charge >= 0.3 is 0 Å². The summed E-state index contributed by atoms with van der Waals surface area (Å²) in [6, 6.07) is 5.45. The second-order valence-corrected chi connectivity index (χ2v) is 6.94. The average Bonchev–Trinajstić information content (AvgIpc) is 2.95. The highest BCUT2D eigenvalue weighted by Gasteiger charge is 2.37. The van der Waals surface area contributed by atoms with E-state index in [2.05, 4.69) is 5.32 Å². The standard InChI is InChI=1S/C17H23ClN2O2/c1-13-10-14(18)2-3-15(13)22-11-16(21)20-8-5-17(6-9-20)4-7-19-12-17/h2-3,10,19H,4-9,11-12H2,1H3. The lowest BCUT2D eigenvalue weighted by Gasteiger charge is -2.38. The maximum absolute atomic E-state index is 12.3. The molecule has 3 rings (SSSR count). The number of benzene rings is 1. The summed E-state index contributed by atoms with van der Waals surface area (Å²) in [4.78, 5) is 14.3. The van der Waals surface area contributed by atoms with E-state index in [0.717, 1.165) is 50.3 Å². The molecule has 0 saturated carbocycles. The molecule has 0 aromatic heterocycles. The number of carbonyl (C=O) groups is 1. The Morgan fingerprint density at radius 2 is 2.14 bits per heavy atom. The van der Waals surface area contributed by atoms with Gasteiger partial charge in [0.15, 0.2) is 6.61 Å². The van der Waals surface area contributed by atoms with E-state index < -0.39 is 0 Å². The lowest BCUT2D eigenvalue weighted by atomic mass is 9.78. The van der Waals surface area contributed by atoms with E-state index in [9.17, 15) is 4.79 Å². The van der Waals surface area contributed by atoms with E-state index in [4.69, 9.17) is 16.3 Å². The second-order valence-electron chi connectivity index (χ2n) is 6.51. The smallest absolute Gasteiger partial charge is 0.260 e. The van der Waals surface area contributed by atoms with Crippen molar-refractivity contribution in [2.45, 2.75) is 26.2 Å². The molecule has 2 aliphatic heterocycles. The fraction of sp³-hybridized carbons (Fsp3) is 0.588. The van der Waals surface area contributed by atoms with Crippen molar-refractivity contribution in [1.82, 2.24) is 10.2 Å². The van der Waals surface area contributed by atoms with E-state index >= 15 is 0 Å². The minimum atomic E-state index is 0.0788. The number of carbonyl (C=O) groups excluding carboxylic acids is 1. The number of ether oxygens (including phenoxy) is 1. The monoisotopic (exact) mass is 322 g/mol. The predicted octanol–water partition coefficient (Wildman–Crippen LogP) is 2.63. The van der Waals surface area contributed by atoms with Crippen LogP contribution in [0.5, 0.6) is 5.75 Å². The van der Waals surface area contributed by atoms with Gasteiger partial charge < -0.3 is 15.0 Å². The van der Waals surface area contributed by atoms with Crippen molar-refractivity contribution in [2.75, 3.05) is 32.8 Å². The van der Waals surface area contributed by atoms with Gasteiger partial charge in [-0.3, -0.25) is 4.79 Å². The molecule has 2 fully saturated rings. The van der Waals surface area contributed by atoms with E-state index in [0.29, 0.717) is 10.4 Å². The zero-order chi connectivity index (χ0) is 15.6. The molecule has 1 amide bonds. The first kappa shape index (κ1) is 15.6. The first-order chi connectivity index (χ1) is 10.6. The number of rotatable bonds is 3. The summed E-state index contributed by atoms with van der Waals surface area (Å²) >= 11 is 5.92. The summed E-state index contributed by atoms with van der Waals surface area (Å²) in [7, 11) is 0. The van der Waals surface area contributed by atoms with E-state index in [1.807, 2.05) is 24.0 Å². The second kappa shape index (κ2) is 6.47. The Bertz CT molecular complexity index is 546. The number of likely N-dealkylation sites (tertiary alicyclic amines) is 1. The summed E-state index contributed by atoms with van der Waals surface area (Å²) in [5, 5.41) is 4.13. The van der Waals surface area contributed by atoms with E-state index in [1.165, 1.54) is 6.42 Å². The lowest BCUT2D eigenvalue weighted by molar-refractivity contribution is -0.135. The third kappa shape index (κ3) is 3.39. The molecule has 2 saturated heterocycles. The molecule has 0 bridgehead atoms. The van der Waals surface area contributed by atoms with Crippen LogP contribution in [-0.2, 0) is 4.79 Å². The van der Waals surface area contributed by atoms with Crippen molar-refractivity contribution in [2.24, 2.45) is 5.41 Å². The first-order valence-electron chi connectivity index (χ1n) is 7.95. The van der Waals surface area contributed by atoms with Gasteiger partial charge in [-0.2, -0.15) is 0 Å². The topological polar surface area (TPSA) is 41.6 Å². The molecule has 5 heteroatoms. The fourth-order valence-electron chi connectivity index (χ4n) is 3.46. The SMILES string of the molecule is Cc1cc(Cl)ccc1OCC(=O)N1CCC2(CCNC2)CC1. The molecule has 0 unspecified atom stereocenters. The van der Waals surface area contributed by atoms with Crippen LogP contribution < -0.4 is 10.1 Å². The van der Waals surface area contributed by atoms with E-state index in [1.54, 1.807) is 6.07 Å². The number of hydrogen-bond acceptors (Lipinski definition) is 3. The Hall–Kier alpha value is -1.26. The van der Waals surface area contributed by atoms with Crippen LogP contribution in [-0.4, -0.2) is 43.6 Å². The van der Waals surface area contributed by atoms with E-state index in [-0.39, 0.29) is 12.5 Å². The summed E-state index contributed by atoms with van der Waals surface area (Å²) in [6.45, 7) is 5.96. The van der Waals surface area contributed by atoms with Gasteiger partial charge in [0.25, 0.3) is 5.91 Å². The zero-order valence-electron chi connectivity index (χ0n) is 13.0. The predicted molar refractivity (Wildman–Crippen MR) is 87.4 cm³/mol. The van der Waals surface area contributed by atoms with Crippen LogP contribution >= 0.6 is 11.6 Å². The van der Waals surface area contributed by atoms with Crippen LogP contribution in [0.2, 0.25) is 5.02 Å². The van der Waals surface area contributed by atoms with Gasteiger partial charge in [0.1, 0.15) is 5.75 Å². The third-order valence-electron chi connectivity index (χ3n) is 5.00. The number of hydrogen-bond donors (Lipinski definition) is 1. The molecule has 0 radical (unpaired) electrons. The lowest BCUT2D eigenvalue weighted by Crippen LogP contribution is -2.45. The third-order valence-corrected chi connectivity index (χ3v) is 5.23. The van der Waals surface area contributed by atoms with Gasteiger partial charge in [0.2, 0.25) is 0 Å². The molecular weight excluding hydrogens is 300 g/mol. The Morgan fingerprint density at radius 1 is 1.36 bits per heavy atom. The summed E-state index contributed by atoms with van der Waals surface area (Å²) in [6.07, 6.45) is 3.45. The van der Waals surface area contributed by atoms with Crippen LogP contribution in [0.1, 0.15) is 24.8 Å². The Kier molecular flexibility index (Phi) is 4.59. The molecule has 0 aliphatic carbocycles. The zero-order valence-corrected chi connectivity index (χ0v) is 13.8. The summed E-state index contributed by atoms with van der Waals surface area (Å²) in [5.41, 5.74) is 1.39. The molecule has 120 valence electrons. The molecule has 4 nitrogen and oxygen atoms in total. The average molecular weight is 323 g/mol. The highest BCUT2D eigenvalue weighted by molar-refractivity contribution is 6.30. The van der Waals surface area contributed by atoms with Gasteiger partial charge in [0.05, 0.1) is 0 Å². The minimum Gasteiger partial charge on any atom is -0.483 e. The Morgan fingerprint density at radius 3 is 2.77 bits per heavy atom. The van der Waals surface area contributed by atoms with Gasteiger partial charge in [-0.15, -0.1) is 0 Å². The van der Waals surface area contributed by atoms with Crippen molar-refractivity contribution in [3.8, 4) is 5.75 Å².